The normalized spacial score (nSPS) is 12.8. The first kappa shape index (κ1) is 33.0. The molecule has 0 aliphatic heterocycles. The van der Waals surface area contributed by atoms with E-state index in [9.17, 15) is 45.0 Å². The number of hydrazine groups is 1. The predicted octanol–water partition coefficient (Wildman–Crippen LogP) is 5.02. The van der Waals surface area contributed by atoms with Crippen LogP contribution < -0.4 is 16.6 Å². The highest BCUT2D eigenvalue weighted by Gasteiger charge is 2.73. The molecule has 0 aliphatic carbocycles. The van der Waals surface area contributed by atoms with Crippen molar-refractivity contribution < 1.29 is 49.9 Å². The molecule has 1 heterocycles. The molecule has 9 nitrogen and oxygen atoms in total. The van der Waals surface area contributed by atoms with Crippen LogP contribution in [0.1, 0.15) is 35.3 Å². The maximum Gasteiger partial charge on any atom is 0.460 e. The number of thioether (sulfide) groups is 1. The number of carbonyl (C=O) groups is 1. The number of nitrogens with zero attached hydrogens (tertiary/aromatic N) is 2. The van der Waals surface area contributed by atoms with Gasteiger partial charge < -0.3 is 10.4 Å². The minimum absolute atomic E-state index is 0.0988. The van der Waals surface area contributed by atoms with Crippen LogP contribution in [0.5, 0.6) is 0 Å². The Morgan fingerprint density at radius 3 is 2.27 bits per heavy atom. The number of hydrogen-bond donors (Lipinski definition) is 5. The monoisotopic (exact) mass is 604 g/mol. The van der Waals surface area contributed by atoms with Crippen molar-refractivity contribution in [3.05, 3.63) is 46.9 Å². The molecule has 2 aromatic rings. The average molecular weight is 605 g/mol. The second-order valence-corrected chi connectivity index (χ2v) is 9.88. The number of benzene rings is 1. The van der Waals surface area contributed by atoms with Gasteiger partial charge in [0.15, 0.2) is 16.8 Å². The number of aliphatic hydroxyl groups excluding tert-OH is 1. The van der Waals surface area contributed by atoms with Crippen LogP contribution in [-0.2, 0) is 10.8 Å². The average Bonchev–Trinajstić information content (AvgIpc) is 2.85. The third-order valence-corrected chi connectivity index (χ3v) is 6.52. The number of aryl methyl sites for hydroxylation is 1. The first-order chi connectivity index (χ1) is 18.2. The lowest BCUT2D eigenvalue weighted by molar-refractivity contribution is -0.359. The number of hydrogen-bond acceptors (Lipinski definition) is 8. The van der Waals surface area contributed by atoms with Gasteiger partial charge in [0, 0.05) is 16.7 Å². The van der Waals surface area contributed by atoms with E-state index in [2.05, 4.69) is 10.5 Å². The van der Waals surface area contributed by atoms with Gasteiger partial charge in [-0.05, 0) is 44.5 Å². The lowest BCUT2D eigenvalue weighted by Gasteiger charge is -2.34. The molecule has 0 spiro atoms. The zero-order valence-corrected chi connectivity index (χ0v) is 22.0. The Balaban J connectivity index is 2.48. The Kier molecular flexibility index (Phi) is 9.66. The fourth-order valence-electron chi connectivity index (χ4n) is 2.99. The van der Waals surface area contributed by atoms with Crippen molar-refractivity contribution >= 4 is 34.3 Å². The molecule has 222 valence electrons. The number of aliphatic hydroxyl groups is 1. The number of aromatic nitrogens is 1. The number of pyridine rings is 1. The molecular weight excluding hydrogens is 580 g/mol. The fourth-order valence-corrected chi connectivity index (χ4v) is 4.01. The standard InChI is InChI=1S/C22H24F8N6O3S/c1-10-5-12(35-39-4)7-13(15(10)40-18(31)36(32)19(2,3)9-37)17(38)34-16-14(23)6-11(8-33-16)20(24,25)21(26,27)22(28,29)30/h5-8,31,35,37H,9,32H2,1-4H3,(H,33,34,38). The van der Waals surface area contributed by atoms with Gasteiger partial charge in [-0.2, -0.15) is 30.7 Å². The van der Waals surface area contributed by atoms with Gasteiger partial charge in [0.05, 0.1) is 30.5 Å². The highest BCUT2D eigenvalue weighted by atomic mass is 32.2. The number of nitrogens with one attached hydrogen (secondary N) is 3. The first-order valence-corrected chi connectivity index (χ1v) is 11.7. The van der Waals surface area contributed by atoms with Gasteiger partial charge in [0.25, 0.3) is 5.91 Å². The summed E-state index contributed by atoms with van der Waals surface area (Å²) in [7, 11) is 1.26. The number of amides is 1. The molecule has 1 amide bonds. The summed E-state index contributed by atoms with van der Waals surface area (Å²) >= 11 is 0.668. The Morgan fingerprint density at radius 2 is 1.77 bits per heavy atom. The zero-order chi connectivity index (χ0) is 30.8. The van der Waals surface area contributed by atoms with Gasteiger partial charge in [-0.25, -0.2) is 15.2 Å². The van der Waals surface area contributed by atoms with Crippen LogP contribution in [-0.4, -0.2) is 57.5 Å². The highest BCUT2D eigenvalue weighted by Crippen LogP contribution is 2.51. The number of anilines is 2. The van der Waals surface area contributed by atoms with Crippen LogP contribution in [0.3, 0.4) is 0 Å². The highest BCUT2D eigenvalue weighted by molar-refractivity contribution is 8.13. The molecule has 0 fully saturated rings. The number of halogens is 8. The maximum absolute atomic E-state index is 14.6. The van der Waals surface area contributed by atoms with Gasteiger partial charge in [0.1, 0.15) is 0 Å². The van der Waals surface area contributed by atoms with Gasteiger partial charge in [-0.1, -0.05) is 11.8 Å². The van der Waals surface area contributed by atoms with Crippen LogP contribution in [0, 0.1) is 18.2 Å². The summed E-state index contributed by atoms with van der Waals surface area (Å²) in [5.41, 5.74) is -0.373. The van der Waals surface area contributed by atoms with Crippen LogP contribution in [0.25, 0.3) is 0 Å². The summed E-state index contributed by atoms with van der Waals surface area (Å²) in [4.78, 5) is 21.1. The molecule has 1 aromatic carbocycles. The van der Waals surface area contributed by atoms with Gasteiger partial charge >= 0.3 is 18.0 Å². The summed E-state index contributed by atoms with van der Waals surface area (Å²) in [6.07, 6.45) is -6.77. The third kappa shape index (κ3) is 6.56. The Hall–Kier alpha value is -3.22. The number of carbonyl (C=O) groups excluding carboxylic acids is 1. The maximum atomic E-state index is 14.6. The summed E-state index contributed by atoms with van der Waals surface area (Å²) in [6, 6.07) is 2.40. The van der Waals surface area contributed by atoms with Crippen molar-refractivity contribution in [2.24, 2.45) is 5.84 Å². The van der Waals surface area contributed by atoms with E-state index >= 15 is 0 Å². The van der Waals surface area contributed by atoms with Gasteiger partial charge in [-0.3, -0.25) is 25.5 Å². The molecule has 0 saturated heterocycles. The third-order valence-electron chi connectivity index (χ3n) is 5.38. The van der Waals surface area contributed by atoms with Crippen molar-refractivity contribution in [2.75, 3.05) is 24.5 Å². The van der Waals surface area contributed by atoms with Crippen LogP contribution in [0.4, 0.5) is 46.6 Å². The van der Waals surface area contributed by atoms with Crippen molar-refractivity contribution in [3.8, 4) is 0 Å². The van der Waals surface area contributed by atoms with Crippen molar-refractivity contribution in [3.63, 3.8) is 0 Å². The van der Waals surface area contributed by atoms with E-state index < -0.39 is 53.3 Å². The van der Waals surface area contributed by atoms with Crippen molar-refractivity contribution in [2.45, 2.75) is 49.2 Å². The second kappa shape index (κ2) is 11.7. The van der Waals surface area contributed by atoms with E-state index in [-0.39, 0.29) is 33.6 Å². The number of alkyl halides is 7. The quantitative estimate of drug-likeness (QED) is 0.0673. The van der Waals surface area contributed by atoms with Crippen molar-refractivity contribution in [1.82, 2.24) is 9.99 Å². The second-order valence-electron chi connectivity index (χ2n) is 8.88. The van der Waals surface area contributed by atoms with Gasteiger partial charge in [0.2, 0.25) is 0 Å². The molecule has 0 saturated carbocycles. The Labute approximate surface area is 226 Å². The minimum Gasteiger partial charge on any atom is -0.394 e. The largest absolute Gasteiger partial charge is 0.460 e. The molecular formula is C22H24F8N6O3S. The molecule has 1 aromatic heterocycles. The summed E-state index contributed by atoms with van der Waals surface area (Å²) in [5, 5.41) is 20.3. The zero-order valence-electron chi connectivity index (χ0n) is 21.2. The number of rotatable bonds is 9. The molecule has 6 N–H and O–H groups in total. The molecule has 0 radical (unpaired) electrons. The van der Waals surface area contributed by atoms with Gasteiger partial charge in [-0.15, -0.1) is 0 Å². The molecule has 2 rings (SSSR count). The summed E-state index contributed by atoms with van der Waals surface area (Å²) in [5.74, 6) is -10.5. The molecule has 40 heavy (non-hydrogen) atoms. The molecule has 0 atom stereocenters. The lowest BCUT2D eigenvalue weighted by atomic mass is 10.0. The summed E-state index contributed by atoms with van der Waals surface area (Å²) in [6.45, 7) is 4.15. The van der Waals surface area contributed by atoms with Crippen LogP contribution in [0.15, 0.2) is 29.3 Å². The van der Waals surface area contributed by atoms with E-state index in [0.29, 0.717) is 17.3 Å². The number of amidine groups is 1. The van der Waals surface area contributed by atoms with E-state index in [0.717, 1.165) is 5.01 Å². The Bertz CT molecular complexity index is 1280. The SMILES string of the molecule is CONc1cc(C)c(SC(=N)N(N)C(C)(C)CO)c(C(=O)Nc2ncc(C(F)(F)C(F)(F)C(F)(F)F)cc2F)c1. The van der Waals surface area contributed by atoms with Crippen LogP contribution >= 0.6 is 11.8 Å². The Morgan fingerprint density at radius 1 is 1.18 bits per heavy atom. The van der Waals surface area contributed by atoms with E-state index in [1.54, 1.807) is 0 Å². The molecule has 0 aliphatic rings. The molecule has 18 heteroatoms. The summed E-state index contributed by atoms with van der Waals surface area (Å²) < 4.78 is 107. The number of nitrogens with two attached hydrogens (primary N) is 1. The van der Waals surface area contributed by atoms with E-state index in [4.69, 9.17) is 16.1 Å². The molecule has 0 bridgehead atoms. The van der Waals surface area contributed by atoms with Crippen LogP contribution in [0.2, 0.25) is 0 Å². The smallest absolute Gasteiger partial charge is 0.394 e. The lowest BCUT2D eigenvalue weighted by Crippen LogP contribution is -2.53. The topological polar surface area (TPSA) is 137 Å². The first-order valence-electron chi connectivity index (χ1n) is 10.9. The predicted molar refractivity (Wildman–Crippen MR) is 130 cm³/mol. The fraction of sp³-hybridized carbons (Fsp3) is 0.409. The molecule has 0 unspecified atom stereocenters. The minimum atomic E-state index is -6.65. The van der Waals surface area contributed by atoms with E-state index in [1.165, 1.54) is 40.0 Å². The van der Waals surface area contributed by atoms with Crippen molar-refractivity contribution in [1.29, 1.82) is 5.41 Å². The van der Waals surface area contributed by atoms with E-state index in [1.807, 2.05) is 5.32 Å².